The zero-order valence-electron chi connectivity index (χ0n) is 12.3. The number of phenolic OH excluding ortho intramolecular Hbond substituents is 1. The van der Waals surface area contributed by atoms with Gasteiger partial charge in [-0.1, -0.05) is 12.1 Å². The van der Waals surface area contributed by atoms with Crippen LogP contribution in [0.4, 0.5) is 5.69 Å². The second-order valence-corrected chi connectivity index (χ2v) is 6.34. The summed E-state index contributed by atoms with van der Waals surface area (Å²) in [5.41, 5.74) is 2.92. The summed E-state index contributed by atoms with van der Waals surface area (Å²) in [5, 5.41) is 19.7. The molecule has 0 aliphatic carbocycles. The second-order valence-electron chi connectivity index (χ2n) is 5.10. The molecule has 3 aromatic rings. The van der Waals surface area contributed by atoms with Crippen molar-refractivity contribution in [1.82, 2.24) is 10.2 Å². The summed E-state index contributed by atoms with van der Waals surface area (Å²) >= 11 is 2.20. The third-order valence-corrected chi connectivity index (χ3v) is 4.16. The van der Waals surface area contributed by atoms with Crippen LogP contribution in [0.25, 0.3) is 11.3 Å². The predicted octanol–water partition coefficient (Wildman–Crippen LogP) is 3.95. The van der Waals surface area contributed by atoms with E-state index in [1.54, 1.807) is 12.1 Å². The normalized spacial score (nSPS) is 10.5. The van der Waals surface area contributed by atoms with Gasteiger partial charge >= 0.3 is 0 Å². The molecule has 1 heterocycles. The van der Waals surface area contributed by atoms with E-state index in [1.807, 2.05) is 43.3 Å². The Hall–Kier alpha value is -2.35. The smallest absolute Gasteiger partial charge is 0.273 e. The highest BCUT2D eigenvalue weighted by molar-refractivity contribution is 14.1. The molecule has 0 atom stereocenters. The molecule has 2 aromatic carbocycles. The van der Waals surface area contributed by atoms with E-state index in [2.05, 4.69) is 38.1 Å². The Labute approximate surface area is 146 Å². The lowest BCUT2D eigenvalue weighted by Gasteiger charge is -2.04. The quantitative estimate of drug-likeness (QED) is 0.563. The van der Waals surface area contributed by atoms with Crippen molar-refractivity contribution in [3.8, 4) is 17.0 Å². The molecule has 0 bridgehead atoms. The molecular weight excluding hydrogens is 405 g/mol. The van der Waals surface area contributed by atoms with E-state index < -0.39 is 0 Å². The average molecular weight is 419 g/mol. The lowest BCUT2D eigenvalue weighted by Crippen LogP contribution is -2.12. The van der Waals surface area contributed by atoms with Crippen LogP contribution >= 0.6 is 22.6 Å². The van der Waals surface area contributed by atoms with Gasteiger partial charge in [0.15, 0.2) is 0 Å². The standard InChI is InChI=1S/C17H14IN3O2/c1-10-3-2-4-13(16(10)22)14-9-15(21-20-14)17(23)19-12-7-5-11(18)6-8-12/h2-9,22H,1H3,(H,19,23)(H,20,21). The van der Waals surface area contributed by atoms with Crippen LogP contribution < -0.4 is 5.32 Å². The number of aryl methyl sites for hydroxylation is 1. The van der Waals surface area contributed by atoms with Gasteiger partial charge in [0, 0.05) is 14.8 Å². The van der Waals surface area contributed by atoms with Crippen molar-refractivity contribution in [2.24, 2.45) is 0 Å². The fourth-order valence-electron chi connectivity index (χ4n) is 2.17. The number of aromatic amines is 1. The molecule has 23 heavy (non-hydrogen) atoms. The number of halogens is 1. The Kier molecular flexibility index (Phi) is 4.33. The number of hydrogen-bond donors (Lipinski definition) is 3. The SMILES string of the molecule is Cc1cccc(-c2cc(C(=O)Nc3ccc(I)cc3)[nH]n2)c1O. The number of hydrogen-bond acceptors (Lipinski definition) is 3. The van der Waals surface area contributed by atoms with Crippen LogP contribution in [-0.4, -0.2) is 21.2 Å². The van der Waals surface area contributed by atoms with E-state index >= 15 is 0 Å². The van der Waals surface area contributed by atoms with Crippen molar-refractivity contribution in [3.05, 3.63) is 63.4 Å². The zero-order chi connectivity index (χ0) is 16.4. The number of nitrogens with one attached hydrogen (secondary N) is 2. The molecular formula is C17H14IN3O2. The monoisotopic (exact) mass is 419 g/mol. The fraction of sp³-hybridized carbons (Fsp3) is 0.0588. The Bertz CT molecular complexity index is 857. The molecule has 0 saturated carbocycles. The fourth-order valence-corrected chi connectivity index (χ4v) is 2.53. The number of nitrogens with zero attached hydrogens (tertiary/aromatic N) is 1. The molecule has 116 valence electrons. The highest BCUT2D eigenvalue weighted by atomic mass is 127. The van der Waals surface area contributed by atoms with Gasteiger partial charge in [-0.15, -0.1) is 0 Å². The minimum absolute atomic E-state index is 0.170. The molecule has 1 amide bonds. The van der Waals surface area contributed by atoms with Crippen molar-refractivity contribution in [2.45, 2.75) is 6.92 Å². The number of aromatic nitrogens is 2. The van der Waals surface area contributed by atoms with Gasteiger partial charge in [-0.25, -0.2) is 0 Å². The lowest BCUT2D eigenvalue weighted by molar-refractivity contribution is 0.102. The number of H-pyrrole nitrogens is 1. The summed E-state index contributed by atoms with van der Waals surface area (Å²) in [6.07, 6.45) is 0. The molecule has 0 radical (unpaired) electrons. The molecule has 0 aliphatic rings. The van der Waals surface area contributed by atoms with Crippen LogP contribution in [0.1, 0.15) is 16.1 Å². The van der Waals surface area contributed by atoms with Crippen LogP contribution in [0.2, 0.25) is 0 Å². The first-order valence-corrected chi connectivity index (χ1v) is 8.04. The first kappa shape index (κ1) is 15.5. The Morgan fingerprint density at radius 3 is 2.70 bits per heavy atom. The Morgan fingerprint density at radius 1 is 1.22 bits per heavy atom. The summed E-state index contributed by atoms with van der Waals surface area (Å²) in [4.78, 5) is 12.2. The number of aromatic hydroxyl groups is 1. The van der Waals surface area contributed by atoms with Crippen LogP contribution in [0.15, 0.2) is 48.5 Å². The third-order valence-electron chi connectivity index (χ3n) is 3.44. The van der Waals surface area contributed by atoms with Crippen molar-refractivity contribution in [2.75, 3.05) is 5.32 Å². The molecule has 6 heteroatoms. The molecule has 0 spiro atoms. The number of para-hydroxylation sites is 1. The third kappa shape index (κ3) is 3.37. The van der Waals surface area contributed by atoms with Crippen molar-refractivity contribution >= 4 is 34.2 Å². The molecule has 0 aliphatic heterocycles. The van der Waals surface area contributed by atoms with Crippen LogP contribution in [0.5, 0.6) is 5.75 Å². The minimum Gasteiger partial charge on any atom is -0.507 e. The minimum atomic E-state index is -0.280. The number of benzene rings is 2. The van der Waals surface area contributed by atoms with Crippen LogP contribution in [-0.2, 0) is 0 Å². The topological polar surface area (TPSA) is 78.0 Å². The van der Waals surface area contributed by atoms with Gasteiger partial charge in [0.05, 0.1) is 5.69 Å². The maximum absolute atomic E-state index is 12.2. The molecule has 0 unspecified atom stereocenters. The number of amides is 1. The Balaban J connectivity index is 1.82. The van der Waals surface area contributed by atoms with E-state index in [0.29, 0.717) is 22.6 Å². The zero-order valence-corrected chi connectivity index (χ0v) is 14.5. The summed E-state index contributed by atoms with van der Waals surface area (Å²) < 4.78 is 1.10. The molecule has 0 fully saturated rings. The molecule has 5 nitrogen and oxygen atoms in total. The summed E-state index contributed by atoms with van der Waals surface area (Å²) in [7, 11) is 0. The molecule has 3 rings (SSSR count). The lowest BCUT2D eigenvalue weighted by atomic mass is 10.1. The maximum atomic E-state index is 12.2. The van der Waals surface area contributed by atoms with Gasteiger partial charge in [-0.05, 0) is 71.5 Å². The first-order valence-electron chi connectivity index (χ1n) is 6.96. The first-order chi connectivity index (χ1) is 11.0. The molecule has 3 N–H and O–H groups in total. The number of rotatable bonds is 3. The van der Waals surface area contributed by atoms with Crippen LogP contribution in [0.3, 0.4) is 0 Å². The highest BCUT2D eigenvalue weighted by Crippen LogP contribution is 2.30. The van der Waals surface area contributed by atoms with Crippen molar-refractivity contribution in [3.63, 3.8) is 0 Å². The van der Waals surface area contributed by atoms with E-state index in [4.69, 9.17) is 0 Å². The predicted molar refractivity (Wildman–Crippen MR) is 97.5 cm³/mol. The number of phenols is 1. The van der Waals surface area contributed by atoms with Crippen molar-refractivity contribution < 1.29 is 9.90 Å². The van der Waals surface area contributed by atoms with Gasteiger partial charge < -0.3 is 10.4 Å². The van der Waals surface area contributed by atoms with Gasteiger partial charge in [0.2, 0.25) is 0 Å². The number of carbonyl (C=O) groups excluding carboxylic acids is 1. The maximum Gasteiger partial charge on any atom is 0.273 e. The molecule has 1 aromatic heterocycles. The second kappa shape index (κ2) is 6.41. The summed E-state index contributed by atoms with van der Waals surface area (Å²) in [6, 6.07) is 14.5. The van der Waals surface area contributed by atoms with E-state index in [0.717, 1.165) is 9.13 Å². The highest BCUT2D eigenvalue weighted by Gasteiger charge is 2.14. The largest absolute Gasteiger partial charge is 0.507 e. The van der Waals surface area contributed by atoms with Gasteiger partial charge in [0.25, 0.3) is 5.91 Å². The van der Waals surface area contributed by atoms with Gasteiger partial charge in [0.1, 0.15) is 11.4 Å². The molecule has 0 saturated heterocycles. The van der Waals surface area contributed by atoms with Gasteiger partial charge in [-0.3, -0.25) is 9.89 Å². The van der Waals surface area contributed by atoms with E-state index in [1.165, 1.54) is 0 Å². The van der Waals surface area contributed by atoms with Gasteiger partial charge in [-0.2, -0.15) is 5.10 Å². The number of carbonyl (C=O) groups is 1. The van der Waals surface area contributed by atoms with E-state index in [9.17, 15) is 9.90 Å². The van der Waals surface area contributed by atoms with E-state index in [-0.39, 0.29) is 11.7 Å². The van der Waals surface area contributed by atoms with Crippen molar-refractivity contribution in [1.29, 1.82) is 0 Å². The summed E-state index contributed by atoms with van der Waals surface area (Å²) in [6.45, 7) is 1.82. The van der Waals surface area contributed by atoms with Crippen LogP contribution in [0, 0.1) is 10.5 Å². The average Bonchev–Trinajstić information content (AvgIpc) is 3.02. The Morgan fingerprint density at radius 2 is 1.96 bits per heavy atom. The number of anilines is 1. The summed E-state index contributed by atoms with van der Waals surface area (Å²) in [5.74, 6) is -0.110.